The lowest BCUT2D eigenvalue weighted by Crippen LogP contribution is -2.46. The molecule has 0 aromatic carbocycles. The molecular formula is C59H101NO5. The Labute approximate surface area is 401 Å². The van der Waals surface area contributed by atoms with E-state index in [0.717, 1.165) is 77.0 Å². The Morgan fingerprint density at radius 1 is 0.462 bits per heavy atom. The lowest BCUT2D eigenvalue weighted by atomic mass is 10.0. The second kappa shape index (κ2) is 51.8. The molecule has 65 heavy (non-hydrogen) atoms. The minimum Gasteiger partial charge on any atom is -0.462 e. The Balaban J connectivity index is 4.73. The molecule has 0 fully saturated rings. The van der Waals surface area contributed by atoms with Crippen molar-refractivity contribution >= 4 is 11.9 Å². The van der Waals surface area contributed by atoms with Gasteiger partial charge < -0.3 is 20.3 Å². The SMILES string of the molecule is CC\C=C/C=C/C=C/C=C\C=C\C=C\CCCC(CC(=O)NC(CO)C(O)CCCCCCCCCCCCCCC)OC(=O)CCCCCCC/C=C/C=C/CCCCCCCCC. The van der Waals surface area contributed by atoms with Crippen molar-refractivity contribution in [3.8, 4) is 0 Å². The molecule has 6 heteroatoms. The number of rotatable bonds is 47. The number of allylic oxidation sites excluding steroid dienone is 16. The van der Waals surface area contributed by atoms with Crippen molar-refractivity contribution in [3.63, 3.8) is 0 Å². The van der Waals surface area contributed by atoms with Gasteiger partial charge in [-0.05, 0) is 64.2 Å². The van der Waals surface area contributed by atoms with Crippen LogP contribution in [0.4, 0.5) is 0 Å². The Morgan fingerprint density at radius 3 is 1.31 bits per heavy atom. The molecule has 0 heterocycles. The molecule has 0 rings (SSSR count). The summed E-state index contributed by atoms with van der Waals surface area (Å²) in [5.74, 6) is -0.571. The number of carbonyl (C=O) groups excluding carboxylic acids is 2. The molecular weight excluding hydrogens is 803 g/mol. The van der Waals surface area contributed by atoms with Crippen molar-refractivity contribution in [3.05, 3.63) is 97.2 Å². The van der Waals surface area contributed by atoms with Gasteiger partial charge in [0.15, 0.2) is 0 Å². The summed E-state index contributed by atoms with van der Waals surface area (Å²) in [6.07, 6.45) is 69.0. The third-order valence-corrected chi connectivity index (χ3v) is 11.8. The van der Waals surface area contributed by atoms with E-state index < -0.39 is 18.2 Å². The summed E-state index contributed by atoms with van der Waals surface area (Å²) in [6, 6.07) is -0.735. The first-order chi connectivity index (χ1) is 32.0. The van der Waals surface area contributed by atoms with Gasteiger partial charge in [0.1, 0.15) is 6.10 Å². The van der Waals surface area contributed by atoms with Crippen molar-refractivity contribution in [2.24, 2.45) is 0 Å². The number of unbranched alkanes of at least 4 members (excludes halogenated alkanes) is 25. The molecule has 3 N–H and O–H groups in total. The number of amides is 1. The molecule has 0 aromatic heterocycles. The molecule has 372 valence electrons. The summed E-state index contributed by atoms with van der Waals surface area (Å²) in [5.41, 5.74) is 0. The van der Waals surface area contributed by atoms with Crippen molar-refractivity contribution in [1.29, 1.82) is 0 Å². The number of hydrogen-bond donors (Lipinski definition) is 3. The fraction of sp³-hybridized carbons (Fsp3) is 0.695. The first kappa shape index (κ1) is 61.8. The highest BCUT2D eigenvalue weighted by molar-refractivity contribution is 5.77. The molecule has 6 nitrogen and oxygen atoms in total. The second-order valence-electron chi connectivity index (χ2n) is 18.1. The summed E-state index contributed by atoms with van der Waals surface area (Å²) in [6.45, 7) is 6.31. The number of esters is 1. The van der Waals surface area contributed by atoms with Crippen LogP contribution in [0, 0.1) is 0 Å². The van der Waals surface area contributed by atoms with Crippen molar-refractivity contribution in [1.82, 2.24) is 5.32 Å². The lowest BCUT2D eigenvalue weighted by Gasteiger charge is -2.24. The van der Waals surface area contributed by atoms with Gasteiger partial charge in [-0.15, -0.1) is 0 Å². The van der Waals surface area contributed by atoms with Gasteiger partial charge in [0.25, 0.3) is 0 Å². The van der Waals surface area contributed by atoms with E-state index in [4.69, 9.17) is 4.74 Å². The number of ether oxygens (including phenoxy) is 1. The lowest BCUT2D eigenvalue weighted by molar-refractivity contribution is -0.151. The Morgan fingerprint density at radius 2 is 0.846 bits per heavy atom. The zero-order valence-electron chi connectivity index (χ0n) is 42.3. The van der Waals surface area contributed by atoms with E-state index in [1.165, 1.54) is 116 Å². The highest BCUT2D eigenvalue weighted by Crippen LogP contribution is 2.17. The molecule has 3 atom stereocenters. The second-order valence-corrected chi connectivity index (χ2v) is 18.1. The quantitative estimate of drug-likeness (QED) is 0.0321. The molecule has 0 spiro atoms. The highest BCUT2D eigenvalue weighted by atomic mass is 16.5. The van der Waals surface area contributed by atoms with E-state index in [1.54, 1.807) is 0 Å². The normalized spacial score (nSPS) is 14.0. The van der Waals surface area contributed by atoms with Crippen LogP contribution in [0.1, 0.15) is 239 Å². The monoisotopic (exact) mass is 904 g/mol. The van der Waals surface area contributed by atoms with E-state index in [9.17, 15) is 19.8 Å². The molecule has 0 saturated carbocycles. The van der Waals surface area contributed by atoms with Crippen LogP contribution >= 0.6 is 0 Å². The smallest absolute Gasteiger partial charge is 0.306 e. The number of nitrogens with one attached hydrogen (secondary N) is 1. The molecule has 0 saturated heterocycles. The standard InChI is InChI=1S/C59H101NO5/c1-4-7-10-13-16-19-22-25-27-28-29-31-34-37-40-43-46-49-52-59(64)65-55(50-47-44-41-38-35-33-30-26-23-20-17-14-11-8-5-2)53-58(63)60-56(54-61)57(62)51-48-45-42-39-36-32-24-21-18-15-12-9-6-3/h8,11,14,17,20,23,26-31,33,35,38,41,55-57,61-62H,4-7,9-10,12-13,15-16,18-19,21-22,24-25,32,34,36-37,39-40,42-54H2,1-3H3,(H,60,63)/b11-8-,17-14+,23-20+,28-27+,30-26-,31-29+,35-33+,41-38+. The molecule has 3 unspecified atom stereocenters. The Kier molecular flexibility index (Phi) is 49.2. The highest BCUT2D eigenvalue weighted by Gasteiger charge is 2.24. The summed E-state index contributed by atoms with van der Waals surface area (Å²) < 4.78 is 5.90. The maximum Gasteiger partial charge on any atom is 0.306 e. The third-order valence-electron chi connectivity index (χ3n) is 11.8. The minimum absolute atomic E-state index is 0.0154. The van der Waals surface area contributed by atoms with Gasteiger partial charge in [0.2, 0.25) is 5.91 Å². The van der Waals surface area contributed by atoms with Gasteiger partial charge in [-0.25, -0.2) is 0 Å². The first-order valence-corrected chi connectivity index (χ1v) is 27.1. The van der Waals surface area contributed by atoms with E-state index in [0.29, 0.717) is 19.3 Å². The predicted octanol–water partition coefficient (Wildman–Crippen LogP) is 16.5. The van der Waals surface area contributed by atoms with Crippen molar-refractivity contribution in [2.45, 2.75) is 257 Å². The summed E-state index contributed by atoms with van der Waals surface area (Å²) in [4.78, 5) is 26.2. The van der Waals surface area contributed by atoms with Crippen LogP contribution in [-0.4, -0.2) is 46.9 Å². The van der Waals surface area contributed by atoms with Crippen LogP contribution in [0.2, 0.25) is 0 Å². The Bertz CT molecular complexity index is 1290. The largest absolute Gasteiger partial charge is 0.462 e. The number of aliphatic hydroxyl groups excluding tert-OH is 2. The zero-order valence-corrected chi connectivity index (χ0v) is 42.3. The fourth-order valence-corrected chi connectivity index (χ4v) is 7.75. The number of carbonyl (C=O) groups is 2. The van der Waals surface area contributed by atoms with Gasteiger partial charge in [0.05, 0.1) is 25.2 Å². The van der Waals surface area contributed by atoms with Crippen molar-refractivity contribution < 1.29 is 24.5 Å². The van der Waals surface area contributed by atoms with Gasteiger partial charge in [-0.1, -0.05) is 259 Å². The van der Waals surface area contributed by atoms with Crippen molar-refractivity contribution in [2.75, 3.05) is 6.61 Å². The van der Waals surface area contributed by atoms with Crippen LogP contribution in [-0.2, 0) is 14.3 Å². The van der Waals surface area contributed by atoms with E-state index in [2.05, 4.69) is 62.5 Å². The third kappa shape index (κ3) is 47.1. The van der Waals surface area contributed by atoms with E-state index in [-0.39, 0.29) is 24.9 Å². The van der Waals surface area contributed by atoms with Crippen LogP contribution < -0.4 is 5.32 Å². The topological polar surface area (TPSA) is 95.9 Å². The predicted molar refractivity (Wildman–Crippen MR) is 282 cm³/mol. The van der Waals surface area contributed by atoms with Crippen LogP contribution in [0.25, 0.3) is 0 Å². The molecule has 0 aromatic rings. The van der Waals surface area contributed by atoms with Crippen LogP contribution in [0.3, 0.4) is 0 Å². The van der Waals surface area contributed by atoms with Gasteiger partial charge in [0, 0.05) is 6.42 Å². The summed E-state index contributed by atoms with van der Waals surface area (Å²) in [7, 11) is 0. The Hall–Kier alpha value is -3.22. The maximum atomic E-state index is 13.2. The average molecular weight is 904 g/mol. The molecule has 0 aliphatic carbocycles. The molecule has 0 bridgehead atoms. The molecule has 0 aliphatic rings. The van der Waals surface area contributed by atoms with Gasteiger partial charge in [-0.3, -0.25) is 9.59 Å². The molecule has 0 radical (unpaired) electrons. The first-order valence-electron chi connectivity index (χ1n) is 27.1. The average Bonchev–Trinajstić information content (AvgIpc) is 3.30. The van der Waals surface area contributed by atoms with E-state index >= 15 is 0 Å². The van der Waals surface area contributed by atoms with Gasteiger partial charge in [-0.2, -0.15) is 0 Å². The van der Waals surface area contributed by atoms with E-state index in [1.807, 2.05) is 60.8 Å². The number of aliphatic hydroxyl groups is 2. The van der Waals surface area contributed by atoms with Crippen LogP contribution in [0.5, 0.6) is 0 Å². The summed E-state index contributed by atoms with van der Waals surface area (Å²) in [5, 5.41) is 23.8. The fourth-order valence-electron chi connectivity index (χ4n) is 7.75. The molecule has 1 amide bonds. The minimum atomic E-state index is -0.816. The summed E-state index contributed by atoms with van der Waals surface area (Å²) >= 11 is 0. The van der Waals surface area contributed by atoms with Crippen LogP contribution in [0.15, 0.2) is 97.2 Å². The number of hydrogen-bond acceptors (Lipinski definition) is 5. The molecule has 0 aliphatic heterocycles. The van der Waals surface area contributed by atoms with Gasteiger partial charge >= 0.3 is 5.97 Å². The maximum absolute atomic E-state index is 13.2. The zero-order chi connectivity index (χ0) is 47.4.